The second-order valence-electron chi connectivity index (χ2n) is 4.37. The first-order valence-electron chi connectivity index (χ1n) is 6.29. The van der Waals surface area contributed by atoms with E-state index in [1.165, 1.54) is 36.8 Å². The van der Waals surface area contributed by atoms with E-state index >= 15 is 0 Å². The van der Waals surface area contributed by atoms with Crippen molar-refractivity contribution in [1.82, 2.24) is 5.32 Å². The molecule has 0 radical (unpaired) electrons. The van der Waals surface area contributed by atoms with Crippen molar-refractivity contribution in [1.29, 1.82) is 0 Å². The third-order valence-electron chi connectivity index (χ3n) is 3.09. The average Bonchev–Trinajstić information content (AvgIpc) is 2.38. The number of benzene rings is 1. The Labute approximate surface area is 103 Å². The molecule has 0 atom stereocenters. The van der Waals surface area contributed by atoms with Gasteiger partial charge in [-0.15, -0.1) is 6.42 Å². The molecule has 0 fully saturated rings. The molecule has 0 amide bonds. The fraction of sp³-hybridized carbons (Fsp3) is 0.467. The zero-order chi connectivity index (χ0) is 11.9. The van der Waals surface area contributed by atoms with Crippen molar-refractivity contribution in [2.45, 2.75) is 25.7 Å². The molecule has 0 aromatic heterocycles. The highest BCUT2D eigenvalue weighted by atomic mass is 16.5. The monoisotopic (exact) mass is 229 g/mol. The molecule has 90 valence electrons. The lowest BCUT2D eigenvalue weighted by molar-refractivity contribution is 0.316. The smallest absolute Gasteiger partial charge is 0.119 e. The predicted molar refractivity (Wildman–Crippen MR) is 70.3 cm³/mol. The number of nitrogens with one attached hydrogen (secondary N) is 1. The molecule has 0 saturated heterocycles. The number of terminal acetylenes is 1. The van der Waals surface area contributed by atoms with Crippen LogP contribution in [0.3, 0.4) is 0 Å². The van der Waals surface area contributed by atoms with Gasteiger partial charge in [0.2, 0.25) is 0 Å². The molecule has 2 nitrogen and oxygen atoms in total. The van der Waals surface area contributed by atoms with Crippen molar-refractivity contribution >= 4 is 0 Å². The van der Waals surface area contributed by atoms with Crippen LogP contribution in [-0.2, 0) is 12.8 Å². The molecule has 0 saturated carbocycles. The summed E-state index contributed by atoms with van der Waals surface area (Å²) in [5, 5.41) is 3.11. The van der Waals surface area contributed by atoms with Crippen LogP contribution in [0.25, 0.3) is 0 Å². The molecule has 1 N–H and O–H groups in total. The minimum absolute atomic E-state index is 0.605. The van der Waals surface area contributed by atoms with Crippen LogP contribution in [0.4, 0.5) is 0 Å². The minimum Gasteiger partial charge on any atom is -0.492 e. The molecule has 0 aliphatic heterocycles. The fourth-order valence-electron chi connectivity index (χ4n) is 2.20. The zero-order valence-corrected chi connectivity index (χ0v) is 10.2. The molecule has 0 unspecified atom stereocenters. The van der Waals surface area contributed by atoms with Crippen molar-refractivity contribution in [3.05, 3.63) is 29.3 Å². The van der Waals surface area contributed by atoms with Gasteiger partial charge in [-0.1, -0.05) is 12.0 Å². The van der Waals surface area contributed by atoms with E-state index in [4.69, 9.17) is 11.2 Å². The number of hydrogen-bond donors (Lipinski definition) is 1. The van der Waals surface area contributed by atoms with Crippen LogP contribution in [0, 0.1) is 12.3 Å². The average molecular weight is 229 g/mol. The topological polar surface area (TPSA) is 21.3 Å². The number of aryl methyl sites for hydroxylation is 2. The van der Waals surface area contributed by atoms with E-state index in [1.54, 1.807) is 0 Å². The largest absolute Gasteiger partial charge is 0.492 e. The summed E-state index contributed by atoms with van der Waals surface area (Å²) in [6.07, 6.45) is 10.2. The summed E-state index contributed by atoms with van der Waals surface area (Å²) in [7, 11) is 0. The molecule has 0 bridgehead atoms. The number of hydrogen-bond acceptors (Lipinski definition) is 2. The molecule has 1 aliphatic rings. The Hall–Kier alpha value is -1.46. The Morgan fingerprint density at radius 1 is 1.24 bits per heavy atom. The van der Waals surface area contributed by atoms with Crippen molar-refractivity contribution in [3.8, 4) is 18.1 Å². The lowest BCUT2D eigenvalue weighted by Gasteiger charge is -2.16. The Morgan fingerprint density at radius 2 is 2.06 bits per heavy atom. The summed E-state index contributed by atoms with van der Waals surface area (Å²) in [6, 6.07) is 6.47. The van der Waals surface area contributed by atoms with Gasteiger partial charge in [0.1, 0.15) is 12.4 Å². The summed E-state index contributed by atoms with van der Waals surface area (Å²) in [5.74, 6) is 3.52. The van der Waals surface area contributed by atoms with Gasteiger partial charge in [0, 0.05) is 6.54 Å². The normalized spacial score (nSPS) is 13.8. The molecule has 0 heterocycles. The number of fused-ring (bicyclic) bond motifs is 1. The first-order chi connectivity index (χ1) is 8.40. The Kier molecular flexibility index (Phi) is 4.46. The highest BCUT2D eigenvalue weighted by Crippen LogP contribution is 2.25. The van der Waals surface area contributed by atoms with Crippen LogP contribution in [0.1, 0.15) is 24.0 Å². The summed E-state index contributed by atoms with van der Waals surface area (Å²) in [5.41, 5.74) is 2.96. The van der Waals surface area contributed by atoms with E-state index in [1.807, 2.05) is 0 Å². The third kappa shape index (κ3) is 3.51. The van der Waals surface area contributed by atoms with Crippen LogP contribution in [-0.4, -0.2) is 19.7 Å². The Balaban J connectivity index is 1.83. The highest BCUT2D eigenvalue weighted by Gasteiger charge is 2.09. The van der Waals surface area contributed by atoms with Crippen LogP contribution in [0.15, 0.2) is 18.2 Å². The molecule has 17 heavy (non-hydrogen) atoms. The van der Waals surface area contributed by atoms with Crippen LogP contribution in [0.2, 0.25) is 0 Å². The predicted octanol–water partition coefficient (Wildman–Crippen LogP) is 2.17. The highest BCUT2D eigenvalue weighted by molar-refractivity contribution is 5.37. The van der Waals surface area contributed by atoms with Crippen molar-refractivity contribution in [2.24, 2.45) is 0 Å². The van der Waals surface area contributed by atoms with Gasteiger partial charge in [-0.25, -0.2) is 0 Å². The van der Waals surface area contributed by atoms with Crippen LogP contribution < -0.4 is 10.1 Å². The molecule has 1 aromatic rings. The van der Waals surface area contributed by atoms with E-state index in [9.17, 15) is 0 Å². The maximum atomic E-state index is 5.69. The molecular weight excluding hydrogens is 210 g/mol. The molecule has 1 aliphatic carbocycles. The maximum absolute atomic E-state index is 5.69. The van der Waals surface area contributed by atoms with Crippen LogP contribution >= 0.6 is 0 Å². The van der Waals surface area contributed by atoms with Crippen molar-refractivity contribution in [3.63, 3.8) is 0 Å². The molecular formula is C15H19NO. The van der Waals surface area contributed by atoms with Crippen LogP contribution in [0.5, 0.6) is 5.75 Å². The summed E-state index contributed by atoms with van der Waals surface area (Å²) in [4.78, 5) is 0. The molecule has 2 rings (SSSR count). The standard InChI is InChI=1S/C15H19NO/c1-2-9-16-10-11-17-15-8-7-13-5-3-4-6-14(13)12-15/h1,7-8,12,16H,3-6,9-11H2. The Bertz CT molecular complexity index is 406. The SMILES string of the molecule is C#CCNCCOc1ccc2c(c1)CCCC2. The van der Waals surface area contributed by atoms with Crippen molar-refractivity contribution in [2.75, 3.05) is 19.7 Å². The van der Waals surface area contributed by atoms with Gasteiger partial charge in [0.05, 0.1) is 6.54 Å². The quantitative estimate of drug-likeness (QED) is 0.617. The minimum atomic E-state index is 0.605. The summed E-state index contributed by atoms with van der Waals surface area (Å²) in [6.45, 7) is 2.06. The first-order valence-corrected chi connectivity index (χ1v) is 6.29. The third-order valence-corrected chi connectivity index (χ3v) is 3.09. The lowest BCUT2D eigenvalue weighted by atomic mass is 9.92. The molecule has 2 heteroatoms. The number of ether oxygens (including phenoxy) is 1. The fourth-order valence-corrected chi connectivity index (χ4v) is 2.20. The van der Waals surface area contributed by atoms with Gasteiger partial charge in [-0.3, -0.25) is 0 Å². The van der Waals surface area contributed by atoms with E-state index in [0.717, 1.165) is 12.3 Å². The number of rotatable bonds is 5. The van der Waals surface area contributed by atoms with Gasteiger partial charge >= 0.3 is 0 Å². The maximum Gasteiger partial charge on any atom is 0.119 e. The van der Waals surface area contributed by atoms with Gasteiger partial charge < -0.3 is 10.1 Å². The first kappa shape index (κ1) is 12.0. The second kappa shape index (κ2) is 6.32. The summed E-state index contributed by atoms with van der Waals surface area (Å²) >= 11 is 0. The van der Waals surface area contributed by atoms with Gasteiger partial charge in [-0.05, 0) is 48.9 Å². The van der Waals surface area contributed by atoms with E-state index in [0.29, 0.717) is 13.2 Å². The van der Waals surface area contributed by atoms with E-state index in [-0.39, 0.29) is 0 Å². The van der Waals surface area contributed by atoms with Gasteiger partial charge in [-0.2, -0.15) is 0 Å². The molecule has 1 aromatic carbocycles. The van der Waals surface area contributed by atoms with E-state index in [2.05, 4.69) is 29.4 Å². The van der Waals surface area contributed by atoms with Gasteiger partial charge in [0.25, 0.3) is 0 Å². The van der Waals surface area contributed by atoms with Crippen molar-refractivity contribution < 1.29 is 4.74 Å². The van der Waals surface area contributed by atoms with Gasteiger partial charge in [0.15, 0.2) is 0 Å². The zero-order valence-electron chi connectivity index (χ0n) is 10.2. The lowest BCUT2D eigenvalue weighted by Crippen LogP contribution is -2.21. The summed E-state index contributed by atoms with van der Waals surface area (Å²) < 4.78 is 5.69. The Morgan fingerprint density at radius 3 is 2.88 bits per heavy atom. The van der Waals surface area contributed by atoms with E-state index < -0.39 is 0 Å². The second-order valence-corrected chi connectivity index (χ2v) is 4.37. The molecule has 0 spiro atoms.